The maximum absolute atomic E-state index is 11.3. The van der Waals surface area contributed by atoms with Gasteiger partial charge in [-0.25, -0.2) is 0 Å². The third-order valence-corrected chi connectivity index (χ3v) is 6.21. The van der Waals surface area contributed by atoms with Crippen molar-refractivity contribution in [3.63, 3.8) is 0 Å². The highest BCUT2D eigenvalue weighted by Gasteiger charge is 2.30. The Morgan fingerprint density at radius 1 is 0.826 bits per heavy atom. The Bertz CT molecular complexity index is 949. The van der Waals surface area contributed by atoms with Crippen molar-refractivity contribution in [1.82, 2.24) is 0 Å². The lowest BCUT2D eigenvalue weighted by molar-refractivity contribution is 0.103. The molecule has 0 aliphatic carbocycles. The van der Waals surface area contributed by atoms with Crippen LogP contribution in [0.5, 0.6) is 0 Å². The average molecular weight is 336 g/mol. The van der Waals surface area contributed by atoms with Gasteiger partial charge in [0.05, 0.1) is 4.88 Å². The molecule has 23 heavy (non-hydrogen) atoms. The molecule has 0 aliphatic heterocycles. The summed E-state index contributed by atoms with van der Waals surface area (Å²) in [6.45, 7) is 1.89. The maximum Gasteiger partial charge on any atom is 0.113 e. The van der Waals surface area contributed by atoms with Crippen molar-refractivity contribution >= 4 is 33.4 Å². The molecule has 1 unspecified atom stereocenters. The van der Waals surface area contributed by atoms with Gasteiger partial charge in [0.1, 0.15) is 5.60 Å². The molecule has 4 rings (SSSR count). The van der Waals surface area contributed by atoms with Crippen LogP contribution >= 0.6 is 22.7 Å². The van der Waals surface area contributed by atoms with Crippen LogP contribution in [0.25, 0.3) is 20.5 Å². The van der Waals surface area contributed by atoms with Crippen molar-refractivity contribution in [2.45, 2.75) is 12.5 Å². The predicted octanol–water partition coefficient (Wildman–Crippen LogP) is 5.89. The standard InChI is InChI=1S/C20H16OS2/c1-20(21,16-9-8-14-5-2-3-6-15(14)13-16)17-10-12-23-19(17)18-7-4-11-22-18/h2-13,21H,1H3. The summed E-state index contributed by atoms with van der Waals surface area (Å²) in [5.41, 5.74) is 0.885. The smallest absolute Gasteiger partial charge is 0.113 e. The molecule has 2 heterocycles. The first-order valence-corrected chi connectivity index (χ1v) is 9.26. The minimum atomic E-state index is -1.01. The Morgan fingerprint density at radius 2 is 1.65 bits per heavy atom. The summed E-state index contributed by atoms with van der Waals surface area (Å²) in [6, 6.07) is 20.6. The second-order valence-electron chi connectivity index (χ2n) is 5.77. The monoisotopic (exact) mass is 336 g/mol. The fraction of sp³-hybridized carbons (Fsp3) is 0.100. The van der Waals surface area contributed by atoms with E-state index in [0.29, 0.717) is 0 Å². The van der Waals surface area contributed by atoms with Crippen LogP contribution in [0, 0.1) is 0 Å². The molecule has 2 aromatic carbocycles. The van der Waals surface area contributed by atoms with Crippen molar-refractivity contribution in [2.75, 3.05) is 0 Å². The molecule has 1 atom stereocenters. The van der Waals surface area contributed by atoms with E-state index in [9.17, 15) is 5.11 Å². The van der Waals surface area contributed by atoms with Gasteiger partial charge in [0.15, 0.2) is 0 Å². The van der Waals surface area contributed by atoms with Gasteiger partial charge >= 0.3 is 0 Å². The zero-order valence-electron chi connectivity index (χ0n) is 12.7. The molecule has 0 spiro atoms. The van der Waals surface area contributed by atoms with Crippen molar-refractivity contribution in [3.8, 4) is 9.75 Å². The third-order valence-electron chi connectivity index (χ3n) is 4.25. The van der Waals surface area contributed by atoms with Gasteiger partial charge in [-0.15, -0.1) is 22.7 Å². The zero-order valence-corrected chi connectivity index (χ0v) is 14.3. The fourth-order valence-electron chi connectivity index (χ4n) is 2.94. The molecule has 1 N–H and O–H groups in total. The SMILES string of the molecule is CC(O)(c1ccc2ccccc2c1)c1ccsc1-c1cccs1. The molecule has 0 fully saturated rings. The average Bonchev–Trinajstić information content (AvgIpc) is 3.25. The van der Waals surface area contributed by atoms with Gasteiger partial charge in [-0.2, -0.15) is 0 Å². The van der Waals surface area contributed by atoms with E-state index >= 15 is 0 Å². The lowest BCUT2D eigenvalue weighted by Gasteiger charge is -2.25. The number of hydrogen-bond donors (Lipinski definition) is 1. The highest BCUT2D eigenvalue weighted by atomic mass is 32.1. The number of thiophene rings is 2. The van der Waals surface area contributed by atoms with Gasteiger partial charge in [0, 0.05) is 10.4 Å². The van der Waals surface area contributed by atoms with E-state index in [0.717, 1.165) is 21.4 Å². The predicted molar refractivity (Wildman–Crippen MR) is 100 cm³/mol. The third kappa shape index (κ3) is 2.51. The van der Waals surface area contributed by atoms with E-state index < -0.39 is 5.60 Å². The van der Waals surface area contributed by atoms with E-state index in [1.165, 1.54) is 10.3 Å². The van der Waals surface area contributed by atoms with Crippen molar-refractivity contribution in [3.05, 3.63) is 82.6 Å². The number of aliphatic hydroxyl groups is 1. The summed E-state index contributed by atoms with van der Waals surface area (Å²) < 4.78 is 0. The van der Waals surface area contributed by atoms with Crippen molar-refractivity contribution in [1.29, 1.82) is 0 Å². The van der Waals surface area contributed by atoms with Gasteiger partial charge in [0.2, 0.25) is 0 Å². The summed E-state index contributed by atoms with van der Waals surface area (Å²) in [5, 5.41) is 17.8. The summed E-state index contributed by atoms with van der Waals surface area (Å²) in [4.78, 5) is 2.36. The van der Waals surface area contributed by atoms with Crippen LogP contribution in [0.2, 0.25) is 0 Å². The molecule has 0 saturated carbocycles. The van der Waals surface area contributed by atoms with Gasteiger partial charge in [-0.1, -0.05) is 42.5 Å². The number of benzene rings is 2. The lowest BCUT2D eigenvalue weighted by atomic mass is 9.87. The van der Waals surface area contributed by atoms with Gasteiger partial charge < -0.3 is 5.11 Å². The molecule has 3 heteroatoms. The van der Waals surface area contributed by atoms with E-state index in [4.69, 9.17) is 0 Å². The minimum absolute atomic E-state index is 0.924. The highest BCUT2D eigenvalue weighted by Crippen LogP contribution is 2.41. The first kappa shape index (κ1) is 14.6. The normalized spacial score (nSPS) is 14.0. The number of fused-ring (bicyclic) bond motifs is 1. The molecule has 1 nitrogen and oxygen atoms in total. The summed E-state index contributed by atoms with van der Waals surface area (Å²) in [7, 11) is 0. The van der Waals surface area contributed by atoms with Gasteiger partial charge in [-0.3, -0.25) is 0 Å². The number of hydrogen-bond acceptors (Lipinski definition) is 3. The van der Waals surface area contributed by atoms with Crippen LogP contribution in [0.3, 0.4) is 0 Å². The minimum Gasteiger partial charge on any atom is -0.381 e. The van der Waals surface area contributed by atoms with E-state index in [2.05, 4.69) is 41.1 Å². The molecule has 0 radical (unpaired) electrons. The molecule has 0 saturated heterocycles. The molecule has 2 aromatic heterocycles. The summed E-state index contributed by atoms with van der Waals surface area (Å²) >= 11 is 3.39. The first-order valence-electron chi connectivity index (χ1n) is 7.50. The van der Waals surface area contributed by atoms with Gasteiger partial charge in [-0.05, 0) is 52.2 Å². The van der Waals surface area contributed by atoms with Gasteiger partial charge in [0.25, 0.3) is 0 Å². The van der Waals surface area contributed by atoms with Crippen LogP contribution in [-0.4, -0.2) is 5.11 Å². The second kappa shape index (κ2) is 5.60. The Morgan fingerprint density at radius 3 is 2.43 bits per heavy atom. The molecular weight excluding hydrogens is 320 g/mol. The van der Waals surface area contributed by atoms with Crippen molar-refractivity contribution in [2.24, 2.45) is 0 Å². The Hall–Kier alpha value is -1.94. The topological polar surface area (TPSA) is 20.2 Å². The second-order valence-corrected chi connectivity index (χ2v) is 7.64. The first-order chi connectivity index (χ1) is 11.2. The van der Waals surface area contributed by atoms with Crippen molar-refractivity contribution < 1.29 is 5.11 Å². The van der Waals surface area contributed by atoms with E-state index in [1.54, 1.807) is 22.7 Å². The molecule has 4 aromatic rings. The largest absolute Gasteiger partial charge is 0.381 e. The molecule has 0 bridgehead atoms. The quantitative estimate of drug-likeness (QED) is 0.495. The van der Waals surface area contributed by atoms with Crippen LogP contribution in [-0.2, 0) is 5.60 Å². The van der Waals surface area contributed by atoms with Crippen LogP contribution < -0.4 is 0 Å². The van der Waals surface area contributed by atoms with Crippen LogP contribution in [0.1, 0.15) is 18.1 Å². The van der Waals surface area contributed by atoms with E-state index in [1.807, 2.05) is 37.3 Å². The molecule has 0 amide bonds. The van der Waals surface area contributed by atoms with Crippen LogP contribution in [0.15, 0.2) is 71.4 Å². The molecule has 0 aliphatic rings. The highest BCUT2D eigenvalue weighted by molar-refractivity contribution is 7.20. The Balaban J connectivity index is 1.85. The summed E-state index contributed by atoms with van der Waals surface area (Å²) in [5.74, 6) is 0. The summed E-state index contributed by atoms with van der Waals surface area (Å²) in [6.07, 6.45) is 0. The number of rotatable bonds is 3. The van der Waals surface area contributed by atoms with E-state index in [-0.39, 0.29) is 0 Å². The fourth-order valence-corrected chi connectivity index (χ4v) is 4.82. The zero-order chi connectivity index (χ0) is 15.9. The lowest BCUT2D eigenvalue weighted by Crippen LogP contribution is -2.22. The van der Waals surface area contributed by atoms with Crippen LogP contribution in [0.4, 0.5) is 0 Å². The maximum atomic E-state index is 11.3. The Labute approximate surface area is 143 Å². The molecular formula is C20H16OS2. The molecule has 114 valence electrons. The Kier molecular flexibility index (Phi) is 3.57.